The van der Waals surface area contributed by atoms with E-state index in [9.17, 15) is 9.90 Å². The van der Waals surface area contributed by atoms with Crippen molar-refractivity contribution >= 4 is 22.8 Å². The van der Waals surface area contributed by atoms with E-state index in [4.69, 9.17) is 0 Å². The smallest absolute Gasteiger partial charge is 0.186 e. The lowest BCUT2D eigenvalue weighted by atomic mass is 10.1. The van der Waals surface area contributed by atoms with Crippen LogP contribution < -0.4 is 0 Å². The average molecular weight is 276 g/mol. The first-order valence-corrected chi connectivity index (χ1v) is 6.45. The number of benzene rings is 1. The van der Waals surface area contributed by atoms with E-state index in [0.717, 1.165) is 5.39 Å². The maximum absolute atomic E-state index is 12.0. The highest BCUT2D eigenvalue weighted by Gasteiger charge is 2.03. The summed E-state index contributed by atoms with van der Waals surface area (Å²) in [5.74, 6) is 0.0137. The molecular formula is C17H12N2O2. The van der Waals surface area contributed by atoms with Gasteiger partial charge in [0.05, 0.1) is 5.69 Å². The molecule has 0 unspecified atom stereocenters. The van der Waals surface area contributed by atoms with Crippen molar-refractivity contribution in [2.24, 2.45) is 0 Å². The molecule has 3 rings (SSSR count). The average Bonchev–Trinajstić information content (AvgIpc) is 2.54. The van der Waals surface area contributed by atoms with E-state index in [1.54, 1.807) is 48.8 Å². The van der Waals surface area contributed by atoms with Crippen LogP contribution in [0.15, 0.2) is 60.9 Å². The minimum absolute atomic E-state index is 0.114. The molecule has 0 aliphatic rings. The van der Waals surface area contributed by atoms with Gasteiger partial charge in [-0.2, -0.15) is 0 Å². The van der Waals surface area contributed by atoms with E-state index < -0.39 is 0 Å². The Hall–Kier alpha value is -3.01. The van der Waals surface area contributed by atoms with E-state index >= 15 is 0 Å². The van der Waals surface area contributed by atoms with Crippen molar-refractivity contribution in [1.82, 2.24) is 9.97 Å². The van der Waals surface area contributed by atoms with Crippen LogP contribution in [0.3, 0.4) is 0 Å². The van der Waals surface area contributed by atoms with Gasteiger partial charge in [-0.3, -0.25) is 9.78 Å². The molecule has 0 atom stereocenters. The summed E-state index contributed by atoms with van der Waals surface area (Å²) in [5.41, 5.74) is 1.72. The Bertz CT molecular complexity index is 827. The lowest BCUT2D eigenvalue weighted by molar-refractivity contribution is 0.104. The number of phenolic OH excluding ortho intramolecular Hbond substituents is 1. The Morgan fingerprint density at radius 3 is 2.67 bits per heavy atom. The van der Waals surface area contributed by atoms with E-state index in [0.29, 0.717) is 16.8 Å². The van der Waals surface area contributed by atoms with Gasteiger partial charge in [0.1, 0.15) is 11.3 Å². The van der Waals surface area contributed by atoms with Gasteiger partial charge in [-0.1, -0.05) is 18.2 Å². The third-order valence-electron chi connectivity index (χ3n) is 3.09. The number of pyridine rings is 2. The summed E-state index contributed by atoms with van der Waals surface area (Å²) in [4.78, 5) is 20.2. The fraction of sp³-hybridized carbons (Fsp3) is 0. The lowest BCUT2D eigenvalue weighted by Gasteiger charge is -2.01. The lowest BCUT2D eigenvalue weighted by Crippen LogP contribution is -1.94. The van der Waals surface area contributed by atoms with Crippen molar-refractivity contribution in [3.63, 3.8) is 0 Å². The standard InChI is InChI=1S/C17H12N2O2/c20-15(12-8-10-18-11-9-12)7-6-14-5-4-13-2-1-3-16(21)17(13)19-14/h1-11,21H. The maximum Gasteiger partial charge on any atom is 0.186 e. The number of rotatable bonds is 3. The second-order valence-corrected chi connectivity index (χ2v) is 4.52. The maximum atomic E-state index is 12.0. The van der Waals surface area contributed by atoms with E-state index in [-0.39, 0.29) is 11.5 Å². The molecule has 0 saturated heterocycles. The SMILES string of the molecule is O=C(C=Cc1ccc2cccc(O)c2n1)c1ccncc1. The molecular weight excluding hydrogens is 264 g/mol. The van der Waals surface area contributed by atoms with Crippen molar-refractivity contribution < 1.29 is 9.90 Å². The van der Waals surface area contributed by atoms with Gasteiger partial charge in [0.25, 0.3) is 0 Å². The second-order valence-electron chi connectivity index (χ2n) is 4.52. The molecule has 102 valence electrons. The molecule has 4 nitrogen and oxygen atoms in total. The van der Waals surface area contributed by atoms with Crippen LogP contribution in [0.1, 0.15) is 16.1 Å². The Labute approximate surface area is 121 Å². The number of ketones is 1. The zero-order valence-corrected chi connectivity index (χ0v) is 11.1. The van der Waals surface area contributed by atoms with Crippen LogP contribution in [0, 0.1) is 0 Å². The van der Waals surface area contributed by atoms with Crippen molar-refractivity contribution in [2.45, 2.75) is 0 Å². The van der Waals surface area contributed by atoms with E-state index in [1.165, 1.54) is 6.08 Å². The van der Waals surface area contributed by atoms with Gasteiger partial charge in [0, 0.05) is 23.3 Å². The Morgan fingerprint density at radius 2 is 1.86 bits per heavy atom. The molecule has 0 spiro atoms. The highest BCUT2D eigenvalue weighted by atomic mass is 16.3. The highest BCUT2D eigenvalue weighted by molar-refractivity contribution is 6.06. The van der Waals surface area contributed by atoms with Gasteiger partial charge in [-0.25, -0.2) is 4.98 Å². The van der Waals surface area contributed by atoms with Gasteiger partial charge in [-0.15, -0.1) is 0 Å². The molecule has 0 aliphatic heterocycles. The Balaban J connectivity index is 1.90. The molecule has 0 aliphatic carbocycles. The number of allylic oxidation sites excluding steroid dienone is 1. The minimum atomic E-state index is -0.114. The fourth-order valence-electron chi connectivity index (χ4n) is 2.01. The molecule has 1 N–H and O–H groups in total. The number of para-hydroxylation sites is 1. The molecule has 0 bridgehead atoms. The fourth-order valence-corrected chi connectivity index (χ4v) is 2.01. The van der Waals surface area contributed by atoms with Gasteiger partial charge >= 0.3 is 0 Å². The summed E-state index contributed by atoms with van der Waals surface area (Å²) < 4.78 is 0. The number of nitrogens with zero attached hydrogens (tertiary/aromatic N) is 2. The number of fused-ring (bicyclic) bond motifs is 1. The third-order valence-corrected chi connectivity index (χ3v) is 3.09. The number of hydrogen-bond donors (Lipinski definition) is 1. The molecule has 21 heavy (non-hydrogen) atoms. The second kappa shape index (κ2) is 5.54. The number of carbonyl (C=O) groups is 1. The summed E-state index contributed by atoms with van der Waals surface area (Å²) in [6.07, 6.45) is 6.25. The predicted octanol–water partition coefficient (Wildman–Crippen LogP) is 3.23. The zero-order chi connectivity index (χ0) is 14.7. The minimum Gasteiger partial charge on any atom is -0.506 e. The van der Waals surface area contributed by atoms with Crippen LogP contribution in [0.4, 0.5) is 0 Å². The van der Waals surface area contributed by atoms with Crippen LogP contribution in [-0.2, 0) is 0 Å². The van der Waals surface area contributed by atoms with Crippen LogP contribution >= 0.6 is 0 Å². The van der Waals surface area contributed by atoms with Crippen molar-refractivity contribution in [2.75, 3.05) is 0 Å². The number of aromatic nitrogens is 2. The van der Waals surface area contributed by atoms with Crippen LogP contribution in [-0.4, -0.2) is 20.9 Å². The molecule has 0 saturated carbocycles. The Kier molecular flexibility index (Phi) is 3.43. The predicted molar refractivity (Wildman–Crippen MR) is 81.0 cm³/mol. The molecule has 0 amide bonds. The van der Waals surface area contributed by atoms with Crippen LogP contribution in [0.5, 0.6) is 5.75 Å². The molecule has 2 heterocycles. The first-order valence-electron chi connectivity index (χ1n) is 6.45. The highest BCUT2D eigenvalue weighted by Crippen LogP contribution is 2.22. The van der Waals surface area contributed by atoms with Crippen molar-refractivity contribution in [3.05, 3.63) is 72.2 Å². The van der Waals surface area contributed by atoms with Crippen molar-refractivity contribution in [3.8, 4) is 5.75 Å². The number of aromatic hydroxyl groups is 1. The topological polar surface area (TPSA) is 63.1 Å². The summed E-state index contributed by atoms with van der Waals surface area (Å²) in [7, 11) is 0. The van der Waals surface area contributed by atoms with Gasteiger partial charge < -0.3 is 5.11 Å². The zero-order valence-electron chi connectivity index (χ0n) is 11.1. The number of carbonyl (C=O) groups excluding carboxylic acids is 1. The van der Waals surface area contributed by atoms with E-state index in [1.807, 2.05) is 12.1 Å². The third kappa shape index (κ3) is 2.79. The van der Waals surface area contributed by atoms with E-state index in [2.05, 4.69) is 9.97 Å². The first-order chi connectivity index (χ1) is 10.2. The number of phenols is 1. The molecule has 2 aromatic heterocycles. The van der Waals surface area contributed by atoms with Gasteiger partial charge in [-0.05, 0) is 36.4 Å². The van der Waals surface area contributed by atoms with Crippen LogP contribution in [0.2, 0.25) is 0 Å². The summed E-state index contributed by atoms with van der Waals surface area (Å²) in [6, 6.07) is 12.2. The largest absolute Gasteiger partial charge is 0.506 e. The van der Waals surface area contributed by atoms with Gasteiger partial charge in [0.2, 0.25) is 0 Å². The Morgan fingerprint density at radius 1 is 1.05 bits per heavy atom. The molecule has 0 fully saturated rings. The van der Waals surface area contributed by atoms with Gasteiger partial charge in [0.15, 0.2) is 5.78 Å². The molecule has 0 radical (unpaired) electrons. The summed E-state index contributed by atoms with van der Waals surface area (Å²) in [6.45, 7) is 0. The quantitative estimate of drug-likeness (QED) is 0.589. The van der Waals surface area contributed by atoms with Crippen LogP contribution in [0.25, 0.3) is 17.0 Å². The normalized spacial score (nSPS) is 11.0. The summed E-state index contributed by atoms with van der Waals surface area (Å²) in [5, 5.41) is 10.6. The first kappa shape index (κ1) is 13.0. The van der Waals surface area contributed by atoms with Crippen molar-refractivity contribution in [1.29, 1.82) is 0 Å². The molecule has 1 aromatic carbocycles. The molecule has 3 aromatic rings. The number of hydrogen-bond acceptors (Lipinski definition) is 4. The summed E-state index contributed by atoms with van der Waals surface area (Å²) >= 11 is 0. The monoisotopic (exact) mass is 276 g/mol. The molecule has 4 heteroatoms.